The predicted octanol–water partition coefficient (Wildman–Crippen LogP) is 2.04. The number of hydrogen-bond donors (Lipinski definition) is 1. The number of nitrogens with zero attached hydrogens (tertiary/aromatic N) is 1. The number of ether oxygens (including phenoxy) is 1. The number of amides is 1. The van der Waals surface area contributed by atoms with Crippen molar-refractivity contribution in [1.29, 1.82) is 0 Å². The molecule has 0 aliphatic rings. The van der Waals surface area contributed by atoms with E-state index in [1.54, 1.807) is 6.07 Å². The highest BCUT2D eigenvalue weighted by Crippen LogP contribution is 2.20. The van der Waals surface area contributed by atoms with E-state index in [-0.39, 0.29) is 30.3 Å². The van der Waals surface area contributed by atoms with Gasteiger partial charge < -0.3 is 14.7 Å². The third-order valence-corrected chi connectivity index (χ3v) is 2.44. The molecule has 1 N–H and O–H groups in total. The zero-order chi connectivity index (χ0) is 12.8. The monoisotopic (exact) mass is 261 g/mol. The molecule has 1 amide bonds. The number of carbonyl (C=O) groups excluding carboxylic acids is 1. The minimum absolute atomic E-state index is 0.00969. The fraction of sp³-hybridized carbons (Fsp3) is 0.364. The first-order valence-corrected chi connectivity index (χ1v) is 5.35. The highest BCUT2D eigenvalue weighted by molar-refractivity contribution is 6.31. The average Bonchev–Trinajstić information content (AvgIpc) is 2.30. The van der Waals surface area contributed by atoms with Crippen molar-refractivity contribution < 1.29 is 19.0 Å². The topological polar surface area (TPSA) is 49.8 Å². The van der Waals surface area contributed by atoms with Crippen LogP contribution in [-0.2, 0) is 11.3 Å². The number of aliphatic hydroxyl groups is 1. The summed E-state index contributed by atoms with van der Waals surface area (Å²) in [5.41, 5.74) is 0.234. The van der Waals surface area contributed by atoms with E-state index in [0.29, 0.717) is 0 Å². The lowest BCUT2D eigenvalue weighted by Gasteiger charge is -2.17. The van der Waals surface area contributed by atoms with E-state index < -0.39 is 11.9 Å². The zero-order valence-electron chi connectivity index (χ0n) is 9.32. The number of halogens is 2. The minimum atomic E-state index is -0.640. The van der Waals surface area contributed by atoms with E-state index in [2.05, 4.69) is 4.74 Å². The Morgan fingerprint density at radius 3 is 2.88 bits per heavy atom. The molecule has 0 aliphatic carbocycles. The van der Waals surface area contributed by atoms with Crippen LogP contribution in [0.3, 0.4) is 0 Å². The van der Waals surface area contributed by atoms with E-state index in [1.165, 1.54) is 24.1 Å². The van der Waals surface area contributed by atoms with Crippen molar-refractivity contribution in [2.24, 2.45) is 0 Å². The van der Waals surface area contributed by atoms with E-state index in [0.717, 1.165) is 0 Å². The highest BCUT2D eigenvalue weighted by Gasteiger charge is 2.14. The number of benzene rings is 1. The van der Waals surface area contributed by atoms with Gasteiger partial charge in [0.2, 0.25) is 0 Å². The van der Waals surface area contributed by atoms with Gasteiger partial charge in [-0.1, -0.05) is 17.7 Å². The largest absolute Gasteiger partial charge is 0.447 e. The highest BCUT2D eigenvalue weighted by atomic mass is 35.5. The molecule has 17 heavy (non-hydrogen) atoms. The van der Waals surface area contributed by atoms with Gasteiger partial charge in [0.05, 0.1) is 13.2 Å². The van der Waals surface area contributed by atoms with Gasteiger partial charge in [-0.25, -0.2) is 9.18 Å². The van der Waals surface area contributed by atoms with Gasteiger partial charge in [0.25, 0.3) is 0 Å². The van der Waals surface area contributed by atoms with Gasteiger partial charge in [-0.05, 0) is 12.1 Å². The summed E-state index contributed by atoms with van der Waals surface area (Å²) in [5, 5.41) is 8.75. The van der Waals surface area contributed by atoms with Gasteiger partial charge in [0.15, 0.2) is 0 Å². The Bertz CT molecular complexity index is 380. The molecule has 1 aromatic rings. The van der Waals surface area contributed by atoms with Crippen molar-refractivity contribution in [2.75, 3.05) is 20.3 Å². The van der Waals surface area contributed by atoms with Gasteiger partial charge in [0, 0.05) is 17.6 Å². The molecule has 4 nitrogen and oxygen atoms in total. The van der Waals surface area contributed by atoms with Crippen molar-refractivity contribution in [3.63, 3.8) is 0 Å². The maximum Gasteiger partial charge on any atom is 0.409 e. The summed E-state index contributed by atoms with van der Waals surface area (Å²) in [7, 11) is 1.46. The smallest absolute Gasteiger partial charge is 0.409 e. The lowest BCUT2D eigenvalue weighted by molar-refractivity contribution is 0.0891. The summed E-state index contributed by atoms with van der Waals surface area (Å²) in [5.74, 6) is -0.473. The second-order valence-electron chi connectivity index (χ2n) is 3.39. The molecule has 94 valence electrons. The maximum absolute atomic E-state index is 13.4. The Morgan fingerprint density at radius 1 is 1.59 bits per heavy atom. The zero-order valence-corrected chi connectivity index (χ0v) is 10.1. The number of rotatable bonds is 4. The van der Waals surface area contributed by atoms with E-state index in [9.17, 15) is 9.18 Å². The second-order valence-corrected chi connectivity index (χ2v) is 3.80. The second kappa shape index (κ2) is 6.42. The normalized spacial score (nSPS) is 10.1. The third kappa shape index (κ3) is 3.87. The SMILES string of the molecule is CN(Cc1c(F)cccc1Cl)C(=O)OCCO. The van der Waals surface area contributed by atoms with E-state index in [1.807, 2.05) is 0 Å². The van der Waals surface area contributed by atoms with Gasteiger partial charge in [-0.3, -0.25) is 0 Å². The molecular weight excluding hydrogens is 249 g/mol. The maximum atomic E-state index is 13.4. The van der Waals surface area contributed by atoms with Gasteiger partial charge in [-0.2, -0.15) is 0 Å². The van der Waals surface area contributed by atoms with Gasteiger partial charge in [-0.15, -0.1) is 0 Å². The van der Waals surface area contributed by atoms with Crippen molar-refractivity contribution in [2.45, 2.75) is 6.54 Å². The Morgan fingerprint density at radius 2 is 2.29 bits per heavy atom. The summed E-state index contributed by atoms with van der Waals surface area (Å²) >= 11 is 5.82. The fourth-order valence-electron chi connectivity index (χ4n) is 1.23. The van der Waals surface area contributed by atoms with Crippen LogP contribution in [-0.4, -0.2) is 36.4 Å². The number of hydrogen-bond acceptors (Lipinski definition) is 3. The first-order valence-electron chi connectivity index (χ1n) is 4.98. The fourth-order valence-corrected chi connectivity index (χ4v) is 1.45. The molecule has 0 spiro atoms. The summed E-state index contributed by atoms with van der Waals surface area (Å²) in [6, 6.07) is 4.31. The van der Waals surface area contributed by atoms with Crippen LogP contribution in [0.1, 0.15) is 5.56 Å². The van der Waals surface area contributed by atoms with Crippen LogP contribution in [0, 0.1) is 5.82 Å². The summed E-state index contributed by atoms with van der Waals surface area (Å²) in [6.07, 6.45) is -0.640. The van der Waals surface area contributed by atoms with Crippen LogP contribution in [0.5, 0.6) is 0 Å². The number of aliphatic hydroxyl groups excluding tert-OH is 1. The molecule has 0 saturated heterocycles. The molecule has 0 atom stereocenters. The van der Waals surface area contributed by atoms with E-state index in [4.69, 9.17) is 16.7 Å². The molecular formula is C11H13ClFNO3. The molecule has 1 aromatic carbocycles. The third-order valence-electron chi connectivity index (χ3n) is 2.09. The first-order chi connectivity index (χ1) is 8.06. The van der Waals surface area contributed by atoms with Crippen LogP contribution in [0.25, 0.3) is 0 Å². The Labute approximate surface area is 104 Å². The van der Waals surface area contributed by atoms with Crippen molar-refractivity contribution in [3.05, 3.63) is 34.6 Å². The summed E-state index contributed by atoms with van der Waals surface area (Å²) < 4.78 is 18.1. The molecule has 1 rings (SSSR count). The molecule has 0 aromatic heterocycles. The van der Waals surface area contributed by atoms with Crippen molar-refractivity contribution in [1.82, 2.24) is 4.90 Å². The quantitative estimate of drug-likeness (QED) is 0.902. The summed E-state index contributed by atoms with van der Waals surface area (Å²) in [6.45, 7) is -0.329. The molecule has 0 bridgehead atoms. The van der Waals surface area contributed by atoms with Gasteiger partial charge in [0.1, 0.15) is 12.4 Å². The lowest BCUT2D eigenvalue weighted by atomic mass is 10.2. The number of carbonyl (C=O) groups is 1. The van der Waals surface area contributed by atoms with Crippen molar-refractivity contribution in [3.8, 4) is 0 Å². The molecule has 0 unspecified atom stereocenters. The Hall–Kier alpha value is -1.33. The molecule has 0 radical (unpaired) electrons. The van der Waals surface area contributed by atoms with Crippen LogP contribution >= 0.6 is 11.6 Å². The Kier molecular flexibility index (Phi) is 5.18. The molecule has 6 heteroatoms. The van der Waals surface area contributed by atoms with Crippen molar-refractivity contribution >= 4 is 17.7 Å². The molecule has 0 fully saturated rings. The van der Waals surface area contributed by atoms with Gasteiger partial charge >= 0.3 is 6.09 Å². The molecule has 0 heterocycles. The van der Waals surface area contributed by atoms with E-state index >= 15 is 0 Å². The predicted molar refractivity (Wildman–Crippen MR) is 61.3 cm³/mol. The van der Waals surface area contributed by atoms with Crippen LogP contribution in [0.4, 0.5) is 9.18 Å². The lowest BCUT2D eigenvalue weighted by Crippen LogP contribution is -2.28. The molecule has 0 aliphatic heterocycles. The van der Waals surface area contributed by atoms with Crippen LogP contribution in [0.15, 0.2) is 18.2 Å². The Balaban J connectivity index is 2.67. The first kappa shape index (κ1) is 13.7. The molecule has 0 saturated carbocycles. The average molecular weight is 262 g/mol. The summed E-state index contributed by atoms with van der Waals surface area (Å²) in [4.78, 5) is 12.5. The van der Waals surface area contributed by atoms with Crippen LogP contribution < -0.4 is 0 Å². The standard InChI is InChI=1S/C11H13ClFNO3/c1-14(11(16)17-6-5-15)7-8-9(12)3-2-4-10(8)13/h2-4,15H,5-7H2,1H3. The van der Waals surface area contributed by atoms with Crippen LogP contribution in [0.2, 0.25) is 5.02 Å². The minimum Gasteiger partial charge on any atom is -0.447 e.